The summed E-state index contributed by atoms with van der Waals surface area (Å²) in [6, 6.07) is 0. The number of carbonyl (C=O) groups is 2. The molecule has 28 heavy (non-hydrogen) atoms. The van der Waals surface area contributed by atoms with Crippen LogP contribution in [-0.2, 0) is 9.59 Å². The van der Waals surface area contributed by atoms with Crippen LogP contribution in [0.5, 0.6) is 0 Å². The lowest BCUT2D eigenvalue weighted by molar-refractivity contribution is -0.171. The van der Waals surface area contributed by atoms with Gasteiger partial charge in [-0.2, -0.15) is 0 Å². The van der Waals surface area contributed by atoms with E-state index in [1.54, 1.807) is 0 Å². The summed E-state index contributed by atoms with van der Waals surface area (Å²) < 4.78 is 0. The zero-order valence-electron chi connectivity index (χ0n) is 17.1. The van der Waals surface area contributed by atoms with Crippen molar-refractivity contribution in [2.24, 2.45) is 34.5 Å². The summed E-state index contributed by atoms with van der Waals surface area (Å²) >= 11 is 0. The molecular formula is C24H36O4. The van der Waals surface area contributed by atoms with E-state index in [1.165, 1.54) is 6.42 Å². The van der Waals surface area contributed by atoms with Gasteiger partial charge in [0.05, 0.1) is 12.2 Å². The van der Waals surface area contributed by atoms with Gasteiger partial charge in [0.15, 0.2) is 0 Å². The molecule has 0 aromatic rings. The smallest absolute Gasteiger partial charge is 0.142 e. The van der Waals surface area contributed by atoms with Gasteiger partial charge < -0.3 is 10.2 Å². The van der Waals surface area contributed by atoms with E-state index in [4.69, 9.17) is 0 Å². The van der Waals surface area contributed by atoms with E-state index in [9.17, 15) is 19.8 Å². The van der Waals surface area contributed by atoms with E-state index in [1.807, 2.05) is 0 Å². The summed E-state index contributed by atoms with van der Waals surface area (Å²) in [5.41, 5.74) is -0.498. The van der Waals surface area contributed by atoms with Gasteiger partial charge in [-0.25, -0.2) is 0 Å². The first-order valence-electron chi connectivity index (χ1n) is 11.8. The molecular weight excluding hydrogens is 352 g/mol. The minimum Gasteiger partial charge on any atom is -0.393 e. The lowest BCUT2D eigenvalue weighted by Gasteiger charge is -2.62. The van der Waals surface area contributed by atoms with Crippen molar-refractivity contribution in [2.75, 3.05) is 0 Å². The lowest BCUT2D eigenvalue weighted by Crippen LogP contribution is -2.59. The first kappa shape index (κ1) is 19.2. The van der Waals surface area contributed by atoms with E-state index in [0.29, 0.717) is 23.4 Å². The molecule has 2 N–H and O–H groups in total. The van der Waals surface area contributed by atoms with Gasteiger partial charge in [-0.3, -0.25) is 9.59 Å². The highest BCUT2D eigenvalue weighted by atomic mass is 16.3. The Morgan fingerprint density at radius 2 is 0.964 bits per heavy atom. The van der Waals surface area contributed by atoms with Gasteiger partial charge in [0.2, 0.25) is 0 Å². The number of aliphatic hydroxyl groups excluding tert-OH is 2. The zero-order chi connectivity index (χ0) is 19.5. The van der Waals surface area contributed by atoms with Crippen LogP contribution in [-0.4, -0.2) is 34.0 Å². The fraction of sp³-hybridized carbons (Fsp3) is 0.917. The highest BCUT2D eigenvalue weighted by Crippen LogP contribution is 2.67. The Bertz CT molecular complexity index is 573. The van der Waals surface area contributed by atoms with Crippen molar-refractivity contribution in [3.8, 4) is 0 Å². The second-order valence-corrected chi connectivity index (χ2v) is 11.3. The molecule has 0 spiro atoms. The zero-order valence-corrected chi connectivity index (χ0v) is 17.1. The predicted octanol–water partition coefficient (Wildman–Crippen LogP) is 3.81. The highest BCUT2D eigenvalue weighted by Gasteiger charge is 2.63. The molecule has 0 radical (unpaired) electrons. The number of ketones is 2. The third kappa shape index (κ3) is 3.10. The van der Waals surface area contributed by atoms with Crippen molar-refractivity contribution in [2.45, 2.75) is 102 Å². The summed E-state index contributed by atoms with van der Waals surface area (Å²) in [5.74, 6) is 2.22. The molecule has 4 nitrogen and oxygen atoms in total. The maximum atomic E-state index is 13.7. The average molecular weight is 389 g/mol. The first-order chi connectivity index (χ1) is 13.4. The molecule has 0 heterocycles. The topological polar surface area (TPSA) is 74.6 Å². The minimum atomic E-state index is -0.249. The molecule has 0 unspecified atom stereocenters. The SMILES string of the molecule is O=C(C1CCC(O)CC1)C12CC3CC(C1)CC(C(=O)C1CCC(O)CC1)(C3)C2. The van der Waals surface area contributed by atoms with Crippen LogP contribution in [0.2, 0.25) is 0 Å². The fourth-order valence-electron chi connectivity index (χ4n) is 8.38. The van der Waals surface area contributed by atoms with Crippen molar-refractivity contribution in [1.29, 1.82) is 0 Å². The predicted molar refractivity (Wildman–Crippen MR) is 105 cm³/mol. The van der Waals surface area contributed by atoms with Crippen LogP contribution in [0.1, 0.15) is 89.9 Å². The average Bonchev–Trinajstić information content (AvgIpc) is 2.67. The largest absolute Gasteiger partial charge is 0.393 e. The van der Waals surface area contributed by atoms with Crippen molar-refractivity contribution < 1.29 is 19.8 Å². The molecule has 0 atom stereocenters. The second-order valence-electron chi connectivity index (χ2n) is 11.3. The molecule has 4 bridgehead atoms. The summed E-state index contributed by atoms with van der Waals surface area (Å²) in [7, 11) is 0. The van der Waals surface area contributed by atoms with Gasteiger partial charge in [0, 0.05) is 22.7 Å². The molecule has 156 valence electrons. The quantitative estimate of drug-likeness (QED) is 0.768. The number of aliphatic hydroxyl groups is 2. The van der Waals surface area contributed by atoms with Crippen LogP contribution in [0.4, 0.5) is 0 Å². The van der Waals surface area contributed by atoms with Crippen LogP contribution < -0.4 is 0 Å². The van der Waals surface area contributed by atoms with E-state index < -0.39 is 0 Å². The van der Waals surface area contributed by atoms with Gasteiger partial charge in [-0.05, 0) is 102 Å². The van der Waals surface area contributed by atoms with Crippen LogP contribution in [0, 0.1) is 34.5 Å². The van der Waals surface area contributed by atoms with E-state index in [0.717, 1.165) is 83.5 Å². The Balaban J connectivity index is 1.38. The normalized spacial score (nSPS) is 50.5. The van der Waals surface area contributed by atoms with Crippen molar-refractivity contribution in [3.63, 3.8) is 0 Å². The minimum absolute atomic E-state index is 0.108. The molecule has 6 rings (SSSR count). The Kier molecular flexibility index (Phi) is 4.74. The summed E-state index contributed by atoms with van der Waals surface area (Å²) in [4.78, 5) is 27.4. The highest BCUT2D eigenvalue weighted by molar-refractivity contribution is 5.92. The van der Waals surface area contributed by atoms with Crippen LogP contribution >= 0.6 is 0 Å². The molecule has 6 aliphatic carbocycles. The molecule has 0 aliphatic heterocycles. The number of carbonyl (C=O) groups excluding carboxylic acids is 2. The molecule has 4 heteroatoms. The molecule has 0 saturated heterocycles. The number of hydrogen-bond donors (Lipinski definition) is 2. The third-order valence-corrected chi connectivity index (χ3v) is 9.24. The second kappa shape index (κ2) is 6.91. The standard InChI is InChI=1S/C24H36O4/c25-19-5-1-17(2-6-19)21(27)23-10-15-9-16(11-23)13-24(12-15,14-23)22(28)18-3-7-20(26)8-4-18/h15-20,25-26H,1-14H2. The molecule has 6 saturated carbocycles. The van der Waals surface area contributed by atoms with Crippen molar-refractivity contribution >= 4 is 11.6 Å². The third-order valence-electron chi connectivity index (χ3n) is 9.24. The lowest BCUT2D eigenvalue weighted by atomic mass is 9.41. The van der Waals surface area contributed by atoms with E-state index >= 15 is 0 Å². The van der Waals surface area contributed by atoms with Crippen molar-refractivity contribution in [1.82, 2.24) is 0 Å². The Hall–Kier alpha value is -0.740. The van der Waals surface area contributed by atoms with Crippen LogP contribution in [0.15, 0.2) is 0 Å². The number of Topliss-reactive ketones (excluding diaryl/α,β-unsaturated/α-hetero) is 2. The molecule has 6 fully saturated rings. The summed E-state index contributed by atoms with van der Waals surface area (Å²) in [6.07, 6.45) is 12.0. The van der Waals surface area contributed by atoms with E-state index in [2.05, 4.69) is 0 Å². The maximum Gasteiger partial charge on any atom is 0.142 e. The monoisotopic (exact) mass is 388 g/mol. The van der Waals surface area contributed by atoms with Gasteiger partial charge in [-0.15, -0.1) is 0 Å². The number of rotatable bonds is 4. The van der Waals surface area contributed by atoms with Gasteiger partial charge in [-0.1, -0.05) is 0 Å². The first-order valence-corrected chi connectivity index (χ1v) is 11.8. The molecule has 0 aromatic carbocycles. The number of hydrogen-bond acceptors (Lipinski definition) is 4. The Morgan fingerprint density at radius 1 is 0.607 bits per heavy atom. The van der Waals surface area contributed by atoms with E-state index in [-0.39, 0.29) is 34.9 Å². The summed E-state index contributed by atoms with van der Waals surface area (Å²) in [5, 5.41) is 19.7. The van der Waals surface area contributed by atoms with Gasteiger partial charge in [0.25, 0.3) is 0 Å². The fourth-order valence-corrected chi connectivity index (χ4v) is 8.38. The maximum absolute atomic E-state index is 13.7. The van der Waals surface area contributed by atoms with Crippen molar-refractivity contribution in [3.05, 3.63) is 0 Å². The van der Waals surface area contributed by atoms with Gasteiger partial charge >= 0.3 is 0 Å². The van der Waals surface area contributed by atoms with Crippen LogP contribution in [0.3, 0.4) is 0 Å². The summed E-state index contributed by atoms with van der Waals surface area (Å²) in [6.45, 7) is 0. The molecule has 0 amide bonds. The Labute approximate surface area is 168 Å². The Morgan fingerprint density at radius 3 is 1.32 bits per heavy atom. The van der Waals surface area contributed by atoms with Gasteiger partial charge in [0.1, 0.15) is 11.6 Å². The molecule has 0 aromatic heterocycles. The van der Waals surface area contributed by atoms with Crippen LogP contribution in [0.25, 0.3) is 0 Å². The molecule has 6 aliphatic rings.